The molecular formula is C25H30N2O4S2. The number of likely N-dealkylation sites (tertiary alicyclic amines) is 1. The number of hydrogen-bond donors (Lipinski definition) is 2. The van der Waals surface area contributed by atoms with Gasteiger partial charge in [0.1, 0.15) is 12.1 Å². The Kier molecular flexibility index (Phi) is 9.69. The molecule has 2 aromatic carbocycles. The summed E-state index contributed by atoms with van der Waals surface area (Å²) in [7, 11) is 3.38. The molecule has 1 saturated heterocycles. The van der Waals surface area contributed by atoms with Gasteiger partial charge >= 0.3 is 5.97 Å². The molecule has 0 bridgehead atoms. The van der Waals surface area contributed by atoms with Crippen LogP contribution >= 0.6 is 21.6 Å². The quantitative estimate of drug-likeness (QED) is 0.369. The number of hydrogen-bond acceptors (Lipinski definition) is 5. The zero-order chi connectivity index (χ0) is 23.6. The summed E-state index contributed by atoms with van der Waals surface area (Å²) < 4.78 is 0. The summed E-state index contributed by atoms with van der Waals surface area (Å²) in [6.07, 6.45) is 1.50. The van der Waals surface area contributed by atoms with Crippen molar-refractivity contribution in [2.45, 2.75) is 44.0 Å². The number of aliphatic carboxylic acids is 1. The van der Waals surface area contributed by atoms with Crippen LogP contribution in [0, 0.1) is 5.92 Å². The van der Waals surface area contributed by atoms with Crippen LogP contribution in [0.25, 0.3) is 0 Å². The summed E-state index contributed by atoms with van der Waals surface area (Å²) in [5.74, 6) is -0.195. The van der Waals surface area contributed by atoms with Crippen LogP contribution in [0.1, 0.15) is 30.9 Å². The molecule has 0 saturated carbocycles. The number of nitrogens with zero attached hydrogens (tertiary/aromatic N) is 1. The van der Waals surface area contributed by atoms with E-state index in [4.69, 9.17) is 0 Å². The summed E-state index contributed by atoms with van der Waals surface area (Å²) in [6.45, 7) is 2.42. The normalized spacial score (nSPS) is 17.4. The molecule has 8 heteroatoms. The Balaban J connectivity index is 1.50. The number of rotatable bonds is 11. The second-order valence-electron chi connectivity index (χ2n) is 8.21. The van der Waals surface area contributed by atoms with E-state index in [0.717, 1.165) is 17.7 Å². The van der Waals surface area contributed by atoms with Gasteiger partial charge in [-0.05, 0) is 24.0 Å². The minimum Gasteiger partial charge on any atom is -0.480 e. The predicted molar refractivity (Wildman–Crippen MR) is 134 cm³/mol. The van der Waals surface area contributed by atoms with Crippen molar-refractivity contribution in [1.82, 2.24) is 10.2 Å². The van der Waals surface area contributed by atoms with Gasteiger partial charge in [-0.3, -0.25) is 9.59 Å². The third kappa shape index (κ3) is 7.54. The first-order valence-electron chi connectivity index (χ1n) is 11.1. The molecule has 1 aliphatic rings. The standard InChI is InChI=1S/C25H30N2O4S2/c1-18(16-32-33-17-20-11-6-3-7-12-20)24(29)27-14-8-13-22(27)23(28)26-21(25(30)31)15-19-9-4-2-5-10-19/h2-7,9-12,18,21-22H,8,13-17H2,1H3,(H,26,28)(H,30,31)/t18?,21-,22-/m0/s1. The highest BCUT2D eigenvalue weighted by atomic mass is 33.1. The van der Waals surface area contributed by atoms with E-state index in [0.29, 0.717) is 18.7 Å². The molecule has 1 unspecified atom stereocenters. The molecule has 2 aromatic rings. The summed E-state index contributed by atoms with van der Waals surface area (Å²) in [5.41, 5.74) is 2.08. The lowest BCUT2D eigenvalue weighted by Gasteiger charge is -2.27. The second kappa shape index (κ2) is 12.7. The highest BCUT2D eigenvalue weighted by molar-refractivity contribution is 8.76. The maximum Gasteiger partial charge on any atom is 0.326 e. The Morgan fingerprint density at radius 3 is 2.30 bits per heavy atom. The SMILES string of the molecule is CC(CSSCc1ccccc1)C(=O)N1CCC[C@H]1C(=O)N[C@@H](Cc1ccccc1)C(=O)O. The van der Waals surface area contributed by atoms with Crippen LogP contribution in [-0.2, 0) is 26.6 Å². The molecule has 176 valence electrons. The number of benzene rings is 2. The highest BCUT2D eigenvalue weighted by Gasteiger charge is 2.37. The monoisotopic (exact) mass is 486 g/mol. The van der Waals surface area contributed by atoms with Crippen LogP contribution in [0.2, 0.25) is 0 Å². The number of carbonyl (C=O) groups excluding carboxylic acids is 2. The molecule has 0 radical (unpaired) electrons. The Hall–Kier alpha value is -2.45. The van der Waals surface area contributed by atoms with Gasteiger partial charge < -0.3 is 15.3 Å². The van der Waals surface area contributed by atoms with Crippen LogP contribution in [0.4, 0.5) is 0 Å². The molecule has 33 heavy (non-hydrogen) atoms. The summed E-state index contributed by atoms with van der Waals surface area (Å²) in [5, 5.41) is 12.3. The molecule has 0 aliphatic carbocycles. The number of amides is 2. The lowest BCUT2D eigenvalue weighted by atomic mass is 10.1. The maximum absolute atomic E-state index is 13.0. The van der Waals surface area contributed by atoms with Gasteiger partial charge in [-0.15, -0.1) is 0 Å². The van der Waals surface area contributed by atoms with Gasteiger partial charge in [0.2, 0.25) is 11.8 Å². The van der Waals surface area contributed by atoms with Crippen molar-refractivity contribution in [2.75, 3.05) is 12.3 Å². The highest BCUT2D eigenvalue weighted by Crippen LogP contribution is 2.29. The molecule has 0 aromatic heterocycles. The van der Waals surface area contributed by atoms with Crippen LogP contribution in [0.5, 0.6) is 0 Å². The average molecular weight is 487 g/mol. The summed E-state index contributed by atoms with van der Waals surface area (Å²) >= 11 is 0. The molecule has 0 spiro atoms. The lowest BCUT2D eigenvalue weighted by molar-refractivity contribution is -0.144. The Labute approximate surface area is 202 Å². The topological polar surface area (TPSA) is 86.7 Å². The number of carbonyl (C=O) groups is 3. The Bertz CT molecular complexity index is 927. The van der Waals surface area contributed by atoms with Crippen LogP contribution in [0.3, 0.4) is 0 Å². The van der Waals surface area contributed by atoms with Crippen LogP contribution in [-0.4, -0.2) is 52.2 Å². The number of carboxylic acids is 1. The third-order valence-corrected chi connectivity index (χ3v) is 8.14. The van der Waals surface area contributed by atoms with E-state index in [2.05, 4.69) is 17.4 Å². The van der Waals surface area contributed by atoms with Crippen LogP contribution < -0.4 is 5.32 Å². The first kappa shape index (κ1) is 25.2. The summed E-state index contributed by atoms with van der Waals surface area (Å²) in [6, 6.07) is 17.8. The van der Waals surface area contributed by atoms with Crippen molar-refractivity contribution in [3.63, 3.8) is 0 Å². The fourth-order valence-electron chi connectivity index (χ4n) is 3.81. The molecular weight excluding hydrogens is 456 g/mol. The van der Waals surface area contributed by atoms with Crippen molar-refractivity contribution >= 4 is 39.4 Å². The molecule has 6 nitrogen and oxygen atoms in total. The zero-order valence-corrected chi connectivity index (χ0v) is 20.3. The van der Waals surface area contributed by atoms with Gasteiger partial charge in [-0.1, -0.05) is 89.2 Å². The zero-order valence-electron chi connectivity index (χ0n) is 18.7. The minimum atomic E-state index is -1.08. The van der Waals surface area contributed by atoms with E-state index < -0.39 is 18.1 Å². The van der Waals surface area contributed by atoms with Crippen molar-refractivity contribution in [3.05, 3.63) is 71.8 Å². The average Bonchev–Trinajstić information content (AvgIpc) is 3.32. The molecule has 2 amide bonds. The van der Waals surface area contributed by atoms with Crippen LogP contribution in [0.15, 0.2) is 60.7 Å². The largest absolute Gasteiger partial charge is 0.480 e. The predicted octanol–water partition coefficient (Wildman–Crippen LogP) is 4.01. The van der Waals surface area contributed by atoms with Gasteiger partial charge in [-0.25, -0.2) is 4.79 Å². The van der Waals surface area contributed by atoms with E-state index in [9.17, 15) is 19.5 Å². The van der Waals surface area contributed by atoms with Crippen molar-refractivity contribution in [1.29, 1.82) is 0 Å². The van der Waals surface area contributed by atoms with Gasteiger partial charge in [0.05, 0.1) is 0 Å². The van der Waals surface area contributed by atoms with E-state index in [-0.39, 0.29) is 24.2 Å². The minimum absolute atomic E-state index is 0.0459. The lowest BCUT2D eigenvalue weighted by Crippen LogP contribution is -2.52. The van der Waals surface area contributed by atoms with Crippen molar-refractivity contribution in [2.24, 2.45) is 5.92 Å². The van der Waals surface area contributed by atoms with E-state index in [1.807, 2.05) is 55.5 Å². The summed E-state index contributed by atoms with van der Waals surface area (Å²) in [4.78, 5) is 39.3. The van der Waals surface area contributed by atoms with Crippen molar-refractivity contribution < 1.29 is 19.5 Å². The molecule has 1 aliphatic heterocycles. The van der Waals surface area contributed by atoms with E-state index in [1.54, 1.807) is 26.5 Å². The molecule has 1 fully saturated rings. The molecule has 1 heterocycles. The van der Waals surface area contributed by atoms with E-state index >= 15 is 0 Å². The fraction of sp³-hybridized carbons (Fsp3) is 0.400. The van der Waals surface area contributed by atoms with Gasteiger partial charge in [0.25, 0.3) is 0 Å². The van der Waals surface area contributed by atoms with Gasteiger partial charge in [0.15, 0.2) is 0 Å². The Morgan fingerprint density at radius 1 is 1.03 bits per heavy atom. The number of nitrogens with one attached hydrogen (secondary N) is 1. The first-order chi connectivity index (χ1) is 16.0. The molecule has 2 N–H and O–H groups in total. The maximum atomic E-state index is 13.0. The molecule has 3 atom stereocenters. The smallest absolute Gasteiger partial charge is 0.326 e. The molecule has 3 rings (SSSR count). The van der Waals surface area contributed by atoms with E-state index in [1.165, 1.54) is 5.56 Å². The second-order valence-corrected chi connectivity index (χ2v) is 10.7. The third-order valence-electron chi connectivity index (χ3n) is 5.63. The van der Waals surface area contributed by atoms with Gasteiger partial charge in [-0.2, -0.15) is 0 Å². The first-order valence-corrected chi connectivity index (χ1v) is 13.6. The van der Waals surface area contributed by atoms with Crippen molar-refractivity contribution in [3.8, 4) is 0 Å². The number of carboxylic acid groups (broad SMARTS) is 1. The van der Waals surface area contributed by atoms with Gasteiger partial charge in [0, 0.05) is 30.4 Å². The fourth-order valence-corrected chi connectivity index (χ4v) is 6.22. The Morgan fingerprint density at radius 2 is 1.67 bits per heavy atom.